The van der Waals surface area contributed by atoms with E-state index in [1.165, 1.54) is 0 Å². The fourth-order valence-electron chi connectivity index (χ4n) is 7.20. The SMILES string of the molecule is C[C@@H]1C[C@H]2[C@@H]3CC(F)=C4C=CC=C[C@]4(C)[C@H]3[C@@H](O)C[C@]2(C)[C@@]1(O)C(=O)CO. The van der Waals surface area contributed by atoms with Gasteiger partial charge in [0.2, 0.25) is 0 Å². The lowest BCUT2D eigenvalue weighted by Gasteiger charge is -2.58. The lowest BCUT2D eigenvalue weighted by Crippen LogP contribution is -2.62. The lowest BCUT2D eigenvalue weighted by atomic mass is 9.47. The third-order valence-electron chi connectivity index (χ3n) is 8.40. The minimum atomic E-state index is -1.69. The number of halogens is 1. The van der Waals surface area contributed by atoms with Gasteiger partial charge in [0.1, 0.15) is 18.0 Å². The van der Waals surface area contributed by atoms with Crippen LogP contribution in [0.5, 0.6) is 0 Å². The molecule has 0 aromatic carbocycles. The Morgan fingerprint density at radius 3 is 2.70 bits per heavy atom. The van der Waals surface area contributed by atoms with Crippen molar-refractivity contribution in [3.63, 3.8) is 0 Å². The average Bonchev–Trinajstić information content (AvgIpc) is 2.82. The van der Waals surface area contributed by atoms with E-state index in [0.29, 0.717) is 12.0 Å². The molecule has 0 bridgehead atoms. The largest absolute Gasteiger partial charge is 0.393 e. The predicted molar refractivity (Wildman–Crippen MR) is 99.2 cm³/mol. The van der Waals surface area contributed by atoms with E-state index < -0.39 is 34.9 Å². The standard InChI is InChI=1S/C22H29FO4/c1-12-8-15-13-9-16(23)14-6-4-5-7-20(14,2)19(13)17(25)10-21(15,3)22(12,27)18(26)11-24/h4-7,12-13,15,17,19,24-25,27H,8-11H2,1-3H3/t12-,13+,15+,17+,19-,20+,21+,22+/m1/s1. The predicted octanol–water partition coefficient (Wildman–Crippen LogP) is 2.70. The fourth-order valence-corrected chi connectivity index (χ4v) is 7.20. The van der Waals surface area contributed by atoms with E-state index in [1.54, 1.807) is 6.08 Å². The summed E-state index contributed by atoms with van der Waals surface area (Å²) in [6, 6.07) is 0. The smallest absolute Gasteiger partial charge is 0.190 e. The minimum absolute atomic E-state index is 0.0927. The summed E-state index contributed by atoms with van der Waals surface area (Å²) in [7, 11) is 0. The van der Waals surface area contributed by atoms with Crippen molar-refractivity contribution in [2.45, 2.75) is 51.7 Å². The summed E-state index contributed by atoms with van der Waals surface area (Å²) in [5.74, 6) is -1.51. The summed E-state index contributed by atoms with van der Waals surface area (Å²) in [6.45, 7) is 4.92. The van der Waals surface area contributed by atoms with Gasteiger partial charge in [-0.25, -0.2) is 4.39 Å². The average molecular weight is 376 g/mol. The molecule has 0 heterocycles. The van der Waals surface area contributed by atoms with Crippen LogP contribution in [0.4, 0.5) is 4.39 Å². The van der Waals surface area contributed by atoms with Crippen LogP contribution in [0.15, 0.2) is 35.7 Å². The van der Waals surface area contributed by atoms with E-state index in [0.717, 1.165) is 0 Å². The Balaban J connectivity index is 1.83. The third kappa shape index (κ3) is 2.16. The highest BCUT2D eigenvalue weighted by Gasteiger charge is 2.70. The van der Waals surface area contributed by atoms with Crippen LogP contribution in [0.1, 0.15) is 40.0 Å². The maximum absolute atomic E-state index is 15.1. The molecule has 0 spiro atoms. The number of fused-ring (bicyclic) bond motifs is 5. The highest BCUT2D eigenvalue weighted by Crippen LogP contribution is 2.68. The minimum Gasteiger partial charge on any atom is -0.393 e. The summed E-state index contributed by atoms with van der Waals surface area (Å²) in [5, 5.41) is 32.1. The topological polar surface area (TPSA) is 77.8 Å². The number of hydrogen-bond acceptors (Lipinski definition) is 4. The van der Waals surface area contributed by atoms with E-state index in [9.17, 15) is 20.1 Å². The number of allylic oxidation sites excluding steroid dienone is 6. The molecule has 3 N–H and O–H groups in total. The van der Waals surface area contributed by atoms with Gasteiger partial charge >= 0.3 is 0 Å². The van der Waals surface area contributed by atoms with Crippen LogP contribution < -0.4 is 0 Å². The first-order chi connectivity index (χ1) is 12.6. The molecule has 0 radical (unpaired) electrons. The molecule has 5 heteroatoms. The van der Waals surface area contributed by atoms with Crippen LogP contribution in [0.3, 0.4) is 0 Å². The summed E-state index contributed by atoms with van der Waals surface area (Å²) in [6.07, 6.45) is 7.83. The first-order valence-corrected chi connectivity index (χ1v) is 9.91. The van der Waals surface area contributed by atoms with Crippen LogP contribution in [-0.2, 0) is 4.79 Å². The molecule has 0 aliphatic heterocycles. The molecule has 0 aromatic heterocycles. The summed E-state index contributed by atoms with van der Waals surface area (Å²) in [4.78, 5) is 12.5. The maximum Gasteiger partial charge on any atom is 0.190 e. The Bertz CT molecular complexity index is 770. The lowest BCUT2D eigenvalue weighted by molar-refractivity contribution is -0.182. The second-order valence-corrected chi connectivity index (χ2v) is 9.49. The molecule has 0 saturated heterocycles. The van der Waals surface area contributed by atoms with E-state index in [4.69, 9.17) is 0 Å². The molecule has 0 unspecified atom stereocenters. The summed E-state index contributed by atoms with van der Waals surface area (Å²) in [5.41, 5.74) is -2.52. The van der Waals surface area contributed by atoms with Crippen LogP contribution in [0.2, 0.25) is 0 Å². The van der Waals surface area contributed by atoms with Crippen molar-refractivity contribution in [3.05, 3.63) is 35.7 Å². The second kappa shape index (κ2) is 5.85. The molecular weight excluding hydrogens is 347 g/mol. The molecule has 0 aromatic rings. The molecule has 148 valence electrons. The van der Waals surface area contributed by atoms with E-state index in [-0.39, 0.29) is 42.3 Å². The number of aliphatic hydroxyl groups excluding tert-OH is 2. The van der Waals surface area contributed by atoms with Crippen molar-refractivity contribution < 1.29 is 24.5 Å². The molecule has 4 rings (SSSR count). The van der Waals surface area contributed by atoms with Gasteiger partial charge in [-0.3, -0.25) is 4.79 Å². The Kier molecular flexibility index (Phi) is 4.12. The normalized spacial score (nSPS) is 51.0. The number of carbonyl (C=O) groups is 1. The van der Waals surface area contributed by atoms with Gasteiger partial charge in [-0.15, -0.1) is 0 Å². The molecule has 2 fully saturated rings. The van der Waals surface area contributed by atoms with Gasteiger partial charge in [0.25, 0.3) is 0 Å². The summed E-state index contributed by atoms with van der Waals surface area (Å²) < 4.78 is 15.1. The number of hydrogen-bond donors (Lipinski definition) is 3. The van der Waals surface area contributed by atoms with Crippen molar-refractivity contribution in [2.75, 3.05) is 6.61 Å². The number of Topliss-reactive ketones (excluding diaryl/α,β-unsaturated/α-hetero) is 1. The molecule has 4 aliphatic carbocycles. The van der Waals surface area contributed by atoms with Crippen LogP contribution in [-0.4, -0.2) is 39.4 Å². The Morgan fingerprint density at radius 2 is 2.04 bits per heavy atom. The van der Waals surface area contributed by atoms with Gasteiger partial charge < -0.3 is 15.3 Å². The van der Waals surface area contributed by atoms with E-state index in [2.05, 4.69) is 0 Å². The zero-order valence-electron chi connectivity index (χ0n) is 16.2. The molecular formula is C22H29FO4. The molecule has 27 heavy (non-hydrogen) atoms. The van der Waals surface area contributed by atoms with Gasteiger partial charge in [-0.2, -0.15) is 0 Å². The van der Waals surface area contributed by atoms with Crippen molar-refractivity contribution in [2.24, 2.45) is 34.5 Å². The van der Waals surface area contributed by atoms with Crippen molar-refractivity contribution in [1.82, 2.24) is 0 Å². The van der Waals surface area contributed by atoms with Crippen molar-refractivity contribution in [1.29, 1.82) is 0 Å². The van der Waals surface area contributed by atoms with Crippen LogP contribution >= 0.6 is 0 Å². The zero-order valence-corrected chi connectivity index (χ0v) is 16.2. The molecule has 4 aliphatic rings. The van der Waals surface area contributed by atoms with E-state index in [1.807, 2.05) is 39.0 Å². The van der Waals surface area contributed by atoms with Gasteiger partial charge in [0.15, 0.2) is 5.78 Å². The third-order valence-corrected chi connectivity index (χ3v) is 8.40. The maximum atomic E-state index is 15.1. The highest BCUT2D eigenvalue weighted by atomic mass is 19.1. The molecule has 0 amide bonds. The van der Waals surface area contributed by atoms with Crippen LogP contribution in [0.25, 0.3) is 0 Å². The number of carbonyl (C=O) groups excluding carboxylic acids is 1. The van der Waals surface area contributed by atoms with Crippen molar-refractivity contribution >= 4 is 5.78 Å². The summed E-state index contributed by atoms with van der Waals surface area (Å²) >= 11 is 0. The quantitative estimate of drug-likeness (QED) is 0.692. The van der Waals surface area contributed by atoms with Gasteiger partial charge in [-0.05, 0) is 36.2 Å². The molecule has 2 saturated carbocycles. The van der Waals surface area contributed by atoms with Crippen LogP contribution in [0, 0.1) is 34.5 Å². The Hall–Kier alpha value is -1.30. The molecule has 8 atom stereocenters. The first-order valence-electron chi connectivity index (χ1n) is 9.91. The van der Waals surface area contributed by atoms with Gasteiger partial charge in [0.05, 0.1) is 6.10 Å². The first kappa shape index (κ1) is 19.0. The van der Waals surface area contributed by atoms with Gasteiger partial charge in [-0.1, -0.05) is 45.1 Å². The zero-order chi connectivity index (χ0) is 19.8. The Labute approximate surface area is 159 Å². The number of ketones is 1. The number of rotatable bonds is 2. The van der Waals surface area contributed by atoms with Crippen molar-refractivity contribution in [3.8, 4) is 0 Å². The molecule has 4 nitrogen and oxygen atoms in total. The van der Waals surface area contributed by atoms with Gasteiger partial charge in [0, 0.05) is 23.2 Å². The number of aliphatic hydroxyl groups is 3. The fraction of sp³-hybridized carbons (Fsp3) is 0.682. The second-order valence-electron chi connectivity index (χ2n) is 9.49. The highest BCUT2D eigenvalue weighted by molar-refractivity contribution is 5.90. The Morgan fingerprint density at radius 1 is 1.33 bits per heavy atom. The monoisotopic (exact) mass is 376 g/mol. The van der Waals surface area contributed by atoms with E-state index >= 15 is 4.39 Å².